The third kappa shape index (κ3) is 5.42. The third-order valence-electron chi connectivity index (χ3n) is 3.31. The molecule has 0 saturated carbocycles. The monoisotopic (exact) mass is 312 g/mol. The Kier molecular flexibility index (Phi) is 5.40. The molecule has 2 rings (SSSR count). The van der Waals surface area contributed by atoms with Crippen LogP contribution < -0.4 is 10.9 Å². The van der Waals surface area contributed by atoms with Crippen LogP contribution in [0.2, 0.25) is 0 Å². The van der Waals surface area contributed by atoms with Gasteiger partial charge in [0, 0.05) is 6.04 Å². The molecule has 0 radical (unpaired) electrons. The first-order chi connectivity index (χ1) is 10.8. The Morgan fingerprint density at radius 3 is 2.09 bits per heavy atom. The number of hydrogen-bond acceptors (Lipinski definition) is 3. The van der Waals surface area contributed by atoms with E-state index in [1.54, 1.807) is 0 Å². The van der Waals surface area contributed by atoms with Gasteiger partial charge in [-0.1, -0.05) is 54.6 Å². The zero-order valence-electron chi connectivity index (χ0n) is 14.1. The summed E-state index contributed by atoms with van der Waals surface area (Å²) in [5, 5.41) is 0. The van der Waals surface area contributed by atoms with E-state index in [2.05, 4.69) is 47.2 Å². The first-order valence-corrected chi connectivity index (χ1v) is 7.75. The van der Waals surface area contributed by atoms with E-state index in [1.807, 2.05) is 45.9 Å². The molecule has 122 valence electrons. The summed E-state index contributed by atoms with van der Waals surface area (Å²) in [7, 11) is 0. The molecule has 4 heteroatoms. The normalized spacial score (nSPS) is 12.5. The molecule has 0 aliphatic carbocycles. The Morgan fingerprint density at radius 1 is 0.957 bits per heavy atom. The van der Waals surface area contributed by atoms with Gasteiger partial charge in [-0.15, -0.1) is 0 Å². The van der Waals surface area contributed by atoms with E-state index in [9.17, 15) is 4.79 Å². The van der Waals surface area contributed by atoms with Crippen molar-refractivity contribution >= 4 is 6.09 Å². The molecular formula is C19H24N2O2. The van der Waals surface area contributed by atoms with Crippen LogP contribution in [0.15, 0.2) is 54.6 Å². The highest BCUT2D eigenvalue weighted by Gasteiger charge is 2.16. The van der Waals surface area contributed by atoms with Crippen molar-refractivity contribution in [2.45, 2.75) is 39.3 Å². The fourth-order valence-electron chi connectivity index (χ4n) is 2.15. The van der Waals surface area contributed by atoms with Gasteiger partial charge in [0.25, 0.3) is 0 Å². The summed E-state index contributed by atoms with van der Waals surface area (Å²) in [5.74, 6) is 0. The molecule has 0 saturated heterocycles. The molecule has 1 atom stereocenters. The fourth-order valence-corrected chi connectivity index (χ4v) is 2.15. The highest BCUT2D eigenvalue weighted by atomic mass is 16.6. The van der Waals surface area contributed by atoms with Gasteiger partial charge in [0.05, 0.1) is 0 Å². The predicted molar refractivity (Wildman–Crippen MR) is 92.8 cm³/mol. The van der Waals surface area contributed by atoms with E-state index in [-0.39, 0.29) is 6.04 Å². The number of nitrogens with one attached hydrogen (secondary N) is 2. The number of carbonyl (C=O) groups excluding carboxylic acids is 1. The molecule has 23 heavy (non-hydrogen) atoms. The molecule has 0 heterocycles. The predicted octanol–water partition coefficient (Wildman–Crippen LogP) is 4.44. The van der Waals surface area contributed by atoms with Crippen LogP contribution in [0.3, 0.4) is 0 Å². The van der Waals surface area contributed by atoms with Crippen molar-refractivity contribution < 1.29 is 9.53 Å². The quantitative estimate of drug-likeness (QED) is 0.820. The van der Waals surface area contributed by atoms with Crippen molar-refractivity contribution in [2.24, 2.45) is 0 Å². The molecule has 0 aliphatic rings. The first-order valence-electron chi connectivity index (χ1n) is 7.75. The SMILES string of the molecule is CC(NNC(=O)OC(C)(C)C)c1ccc(-c2ccccc2)cc1. The second kappa shape index (κ2) is 7.29. The maximum Gasteiger partial charge on any atom is 0.422 e. The topological polar surface area (TPSA) is 50.4 Å². The van der Waals surface area contributed by atoms with Gasteiger partial charge in [-0.05, 0) is 44.4 Å². The third-order valence-corrected chi connectivity index (χ3v) is 3.31. The zero-order valence-corrected chi connectivity index (χ0v) is 14.1. The van der Waals surface area contributed by atoms with Gasteiger partial charge in [0.15, 0.2) is 0 Å². The molecule has 1 amide bonds. The fraction of sp³-hybridized carbons (Fsp3) is 0.316. The lowest BCUT2D eigenvalue weighted by Crippen LogP contribution is -2.42. The van der Waals surface area contributed by atoms with Crippen LogP contribution in [0.4, 0.5) is 4.79 Å². The van der Waals surface area contributed by atoms with Crippen molar-refractivity contribution in [3.63, 3.8) is 0 Å². The summed E-state index contributed by atoms with van der Waals surface area (Å²) in [6, 6.07) is 18.5. The molecule has 2 aromatic carbocycles. The number of hydrogen-bond donors (Lipinski definition) is 2. The highest BCUT2D eigenvalue weighted by Crippen LogP contribution is 2.21. The number of carbonyl (C=O) groups is 1. The van der Waals surface area contributed by atoms with E-state index >= 15 is 0 Å². The van der Waals surface area contributed by atoms with Crippen LogP contribution in [0.25, 0.3) is 11.1 Å². The summed E-state index contributed by atoms with van der Waals surface area (Å²) in [4.78, 5) is 11.6. The van der Waals surface area contributed by atoms with Crippen molar-refractivity contribution in [3.8, 4) is 11.1 Å². The van der Waals surface area contributed by atoms with Crippen LogP contribution in [0.1, 0.15) is 39.3 Å². The highest BCUT2D eigenvalue weighted by molar-refractivity contribution is 5.67. The minimum absolute atomic E-state index is 0.0210. The Bertz CT molecular complexity index is 631. The minimum Gasteiger partial charge on any atom is -0.443 e. The van der Waals surface area contributed by atoms with Gasteiger partial charge >= 0.3 is 6.09 Å². The van der Waals surface area contributed by atoms with Crippen LogP contribution in [0, 0.1) is 0 Å². The van der Waals surface area contributed by atoms with Crippen molar-refractivity contribution in [1.82, 2.24) is 10.9 Å². The summed E-state index contributed by atoms with van der Waals surface area (Å²) < 4.78 is 5.19. The van der Waals surface area contributed by atoms with Gasteiger partial charge in [-0.2, -0.15) is 0 Å². The van der Waals surface area contributed by atoms with Gasteiger partial charge < -0.3 is 4.74 Å². The maximum absolute atomic E-state index is 11.6. The average Bonchev–Trinajstić information content (AvgIpc) is 2.52. The van der Waals surface area contributed by atoms with E-state index in [0.29, 0.717) is 0 Å². The number of benzene rings is 2. The standard InChI is InChI=1S/C19H24N2O2/c1-14(20-21-18(22)23-19(2,3)4)15-10-12-17(13-11-15)16-8-6-5-7-9-16/h5-14,20H,1-4H3,(H,21,22). The summed E-state index contributed by atoms with van der Waals surface area (Å²) in [6.07, 6.45) is -0.481. The first kappa shape index (κ1) is 17.0. The summed E-state index contributed by atoms with van der Waals surface area (Å²) in [6.45, 7) is 7.48. The molecule has 0 fully saturated rings. The summed E-state index contributed by atoms with van der Waals surface area (Å²) >= 11 is 0. The second-order valence-corrected chi connectivity index (χ2v) is 6.48. The van der Waals surface area contributed by atoms with Crippen LogP contribution in [-0.2, 0) is 4.74 Å². The summed E-state index contributed by atoms with van der Waals surface area (Å²) in [5.41, 5.74) is 8.46. The lowest BCUT2D eigenvalue weighted by molar-refractivity contribution is 0.0489. The van der Waals surface area contributed by atoms with Crippen LogP contribution >= 0.6 is 0 Å². The molecule has 2 aromatic rings. The number of rotatable bonds is 4. The van der Waals surface area contributed by atoms with Gasteiger partial charge in [-0.25, -0.2) is 10.2 Å². The molecule has 0 aliphatic heterocycles. The Hall–Kier alpha value is -2.33. The van der Waals surface area contributed by atoms with Crippen LogP contribution in [0.5, 0.6) is 0 Å². The Labute approximate surface area is 137 Å². The van der Waals surface area contributed by atoms with E-state index in [4.69, 9.17) is 4.74 Å². The smallest absolute Gasteiger partial charge is 0.422 e. The molecule has 2 N–H and O–H groups in total. The lowest BCUT2D eigenvalue weighted by atomic mass is 10.0. The van der Waals surface area contributed by atoms with E-state index in [1.165, 1.54) is 11.1 Å². The lowest BCUT2D eigenvalue weighted by Gasteiger charge is -2.21. The van der Waals surface area contributed by atoms with E-state index in [0.717, 1.165) is 5.56 Å². The molecule has 4 nitrogen and oxygen atoms in total. The average molecular weight is 312 g/mol. The van der Waals surface area contributed by atoms with E-state index < -0.39 is 11.7 Å². The number of hydrazine groups is 1. The largest absolute Gasteiger partial charge is 0.443 e. The van der Waals surface area contributed by atoms with Crippen LogP contribution in [-0.4, -0.2) is 11.7 Å². The molecule has 0 aromatic heterocycles. The molecular weight excluding hydrogens is 288 g/mol. The van der Waals surface area contributed by atoms with Crippen molar-refractivity contribution in [2.75, 3.05) is 0 Å². The maximum atomic E-state index is 11.6. The second-order valence-electron chi connectivity index (χ2n) is 6.48. The van der Waals surface area contributed by atoms with Gasteiger partial charge in [0.1, 0.15) is 5.60 Å². The Morgan fingerprint density at radius 2 is 1.52 bits per heavy atom. The Balaban J connectivity index is 1.93. The van der Waals surface area contributed by atoms with Gasteiger partial charge in [0.2, 0.25) is 0 Å². The number of amides is 1. The number of ether oxygens (including phenoxy) is 1. The minimum atomic E-state index is -0.508. The van der Waals surface area contributed by atoms with Gasteiger partial charge in [-0.3, -0.25) is 5.43 Å². The molecule has 0 spiro atoms. The molecule has 0 bridgehead atoms. The zero-order chi connectivity index (χ0) is 16.9. The van der Waals surface area contributed by atoms with Crippen molar-refractivity contribution in [1.29, 1.82) is 0 Å². The molecule has 1 unspecified atom stereocenters. The van der Waals surface area contributed by atoms with Crippen molar-refractivity contribution in [3.05, 3.63) is 60.2 Å².